The summed E-state index contributed by atoms with van der Waals surface area (Å²) in [7, 11) is 0. The Morgan fingerprint density at radius 1 is 1.39 bits per heavy atom. The number of ether oxygens (including phenoxy) is 1. The number of fused-ring (bicyclic) bond motifs is 1. The van der Waals surface area contributed by atoms with Crippen molar-refractivity contribution >= 4 is 17.4 Å². The molecule has 8 nitrogen and oxygen atoms in total. The topological polar surface area (TPSA) is 84.7 Å². The summed E-state index contributed by atoms with van der Waals surface area (Å²) in [5, 5.41) is 16.1. The van der Waals surface area contributed by atoms with E-state index in [1.165, 1.54) is 0 Å². The Morgan fingerprint density at radius 2 is 2.13 bits per heavy atom. The lowest BCUT2D eigenvalue weighted by molar-refractivity contribution is 0.0983. The fourth-order valence-electron chi connectivity index (χ4n) is 2.85. The highest BCUT2D eigenvalue weighted by Gasteiger charge is 2.24. The molecule has 3 heterocycles. The van der Waals surface area contributed by atoms with E-state index in [4.69, 9.17) is 4.74 Å². The van der Waals surface area contributed by atoms with E-state index in [9.17, 15) is 4.79 Å². The lowest BCUT2D eigenvalue weighted by Gasteiger charge is -2.32. The minimum Gasteiger partial charge on any atom is -0.450 e. The van der Waals surface area contributed by atoms with Crippen LogP contribution in [0.25, 0.3) is 5.65 Å². The molecule has 124 valence electrons. The molecule has 1 fully saturated rings. The lowest BCUT2D eigenvalue weighted by atomic mass is 10.0. The van der Waals surface area contributed by atoms with Crippen LogP contribution in [0.15, 0.2) is 6.33 Å². The van der Waals surface area contributed by atoms with Gasteiger partial charge in [0.1, 0.15) is 6.33 Å². The molecule has 2 aromatic rings. The smallest absolute Gasteiger partial charge is 0.409 e. The Kier molecular flexibility index (Phi) is 4.31. The maximum atomic E-state index is 11.8. The van der Waals surface area contributed by atoms with Crippen LogP contribution >= 0.6 is 0 Å². The van der Waals surface area contributed by atoms with Crippen LogP contribution in [0.1, 0.15) is 31.0 Å². The molecule has 1 aliphatic rings. The monoisotopic (exact) mass is 318 g/mol. The Morgan fingerprint density at radius 3 is 2.83 bits per heavy atom. The third kappa shape index (κ3) is 3.06. The summed E-state index contributed by atoms with van der Waals surface area (Å²) in [4.78, 5) is 13.5. The summed E-state index contributed by atoms with van der Waals surface area (Å²) in [5.74, 6) is 0. The number of carbonyl (C=O) groups is 1. The van der Waals surface area contributed by atoms with Gasteiger partial charge in [0.15, 0.2) is 0 Å². The quantitative estimate of drug-likeness (QED) is 0.928. The number of nitrogens with one attached hydrogen (secondary N) is 1. The molecule has 0 aliphatic carbocycles. The molecule has 0 saturated carbocycles. The van der Waals surface area contributed by atoms with Crippen molar-refractivity contribution in [2.75, 3.05) is 25.0 Å². The largest absolute Gasteiger partial charge is 0.450 e. The van der Waals surface area contributed by atoms with E-state index in [2.05, 4.69) is 20.6 Å². The highest BCUT2D eigenvalue weighted by molar-refractivity contribution is 5.71. The number of hydrogen-bond acceptors (Lipinski definition) is 6. The van der Waals surface area contributed by atoms with Crippen molar-refractivity contribution < 1.29 is 9.53 Å². The van der Waals surface area contributed by atoms with Crippen molar-refractivity contribution in [1.82, 2.24) is 24.7 Å². The maximum Gasteiger partial charge on any atom is 0.409 e. The van der Waals surface area contributed by atoms with E-state index < -0.39 is 0 Å². The number of aryl methyl sites for hydroxylation is 1. The molecule has 1 amide bonds. The van der Waals surface area contributed by atoms with Gasteiger partial charge in [0.25, 0.3) is 0 Å². The molecule has 1 N–H and O–H groups in total. The Bertz CT molecular complexity index is 705. The Hall–Kier alpha value is -2.38. The first-order valence-corrected chi connectivity index (χ1v) is 7.95. The van der Waals surface area contributed by atoms with Gasteiger partial charge in [-0.2, -0.15) is 9.61 Å². The van der Waals surface area contributed by atoms with E-state index >= 15 is 0 Å². The summed E-state index contributed by atoms with van der Waals surface area (Å²) >= 11 is 0. The minimum atomic E-state index is -0.221. The third-order valence-corrected chi connectivity index (χ3v) is 4.30. The van der Waals surface area contributed by atoms with Gasteiger partial charge in [0.05, 0.1) is 18.0 Å². The lowest BCUT2D eigenvalue weighted by Crippen LogP contribution is -2.42. The van der Waals surface area contributed by atoms with Gasteiger partial charge >= 0.3 is 6.09 Å². The zero-order valence-corrected chi connectivity index (χ0v) is 13.7. The van der Waals surface area contributed by atoms with Crippen LogP contribution in [0.3, 0.4) is 0 Å². The molecule has 0 bridgehead atoms. The van der Waals surface area contributed by atoms with E-state index in [0.29, 0.717) is 25.7 Å². The first kappa shape index (κ1) is 15.5. The number of amides is 1. The number of hydrogen-bond donors (Lipinski definition) is 1. The van der Waals surface area contributed by atoms with Crippen LogP contribution in [0.5, 0.6) is 0 Å². The number of likely N-dealkylation sites (tertiary alicyclic amines) is 1. The van der Waals surface area contributed by atoms with Crippen LogP contribution in [-0.4, -0.2) is 56.5 Å². The molecule has 0 unspecified atom stereocenters. The molecule has 0 atom stereocenters. The summed E-state index contributed by atoms with van der Waals surface area (Å²) in [6.07, 6.45) is 3.14. The molecule has 1 saturated heterocycles. The van der Waals surface area contributed by atoms with Crippen LogP contribution in [-0.2, 0) is 4.74 Å². The second-order valence-electron chi connectivity index (χ2n) is 5.79. The minimum absolute atomic E-state index is 0.221. The first-order chi connectivity index (χ1) is 11.1. The van der Waals surface area contributed by atoms with E-state index in [0.717, 1.165) is 35.4 Å². The van der Waals surface area contributed by atoms with Crippen molar-refractivity contribution in [3.05, 3.63) is 17.6 Å². The second-order valence-corrected chi connectivity index (χ2v) is 5.79. The van der Waals surface area contributed by atoms with Crippen molar-refractivity contribution in [3.63, 3.8) is 0 Å². The number of aromatic nitrogens is 4. The highest BCUT2D eigenvalue weighted by atomic mass is 16.6. The summed E-state index contributed by atoms with van der Waals surface area (Å²) in [6, 6.07) is 0.293. The molecular formula is C15H22N6O2. The number of piperidine rings is 1. The van der Waals surface area contributed by atoms with Gasteiger partial charge in [0, 0.05) is 19.1 Å². The fourth-order valence-corrected chi connectivity index (χ4v) is 2.85. The number of carbonyl (C=O) groups excluding carboxylic acids is 1. The van der Waals surface area contributed by atoms with E-state index in [1.54, 1.807) is 15.7 Å². The zero-order valence-electron chi connectivity index (χ0n) is 13.7. The summed E-state index contributed by atoms with van der Waals surface area (Å²) < 4.78 is 6.75. The van der Waals surface area contributed by atoms with Gasteiger partial charge in [-0.25, -0.2) is 4.79 Å². The van der Waals surface area contributed by atoms with Gasteiger partial charge < -0.3 is 15.0 Å². The van der Waals surface area contributed by atoms with Crippen LogP contribution in [0, 0.1) is 13.8 Å². The molecule has 23 heavy (non-hydrogen) atoms. The van der Waals surface area contributed by atoms with Crippen molar-refractivity contribution in [1.29, 1.82) is 0 Å². The van der Waals surface area contributed by atoms with E-state index in [-0.39, 0.29) is 6.09 Å². The van der Waals surface area contributed by atoms with Crippen LogP contribution < -0.4 is 5.32 Å². The molecule has 3 rings (SSSR count). The van der Waals surface area contributed by atoms with Gasteiger partial charge in [0.2, 0.25) is 5.65 Å². The molecule has 0 spiro atoms. The molecule has 0 radical (unpaired) electrons. The van der Waals surface area contributed by atoms with Crippen molar-refractivity contribution in [3.8, 4) is 0 Å². The average Bonchev–Trinajstić information content (AvgIpc) is 3.00. The van der Waals surface area contributed by atoms with Crippen LogP contribution in [0.2, 0.25) is 0 Å². The van der Waals surface area contributed by atoms with E-state index in [1.807, 2.05) is 20.8 Å². The summed E-state index contributed by atoms with van der Waals surface area (Å²) in [5.41, 5.74) is 3.74. The van der Waals surface area contributed by atoms with Gasteiger partial charge in [-0.05, 0) is 39.2 Å². The second kappa shape index (κ2) is 6.39. The number of rotatable bonds is 3. The molecule has 2 aromatic heterocycles. The van der Waals surface area contributed by atoms with Gasteiger partial charge in [-0.3, -0.25) is 0 Å². The highest BCUT2D eigenvalue weighted by Crippen LogP contribution is 2.25. The predicted octanol–water partition coefficient (Wildman–Crippen LogP) is 1.77. The van der Waals surface area contributed by atoms with Gasteiger partial charge in [-0.1, -0.05) is 0 Å². The zero-order chi connectivity index (χ0) is 16.4. The van der Waals surface area contributed by atoms with Crippen LogP contribution in [0.4, 0.5) is 10.5 Å². The van der Waals surface area contributed by atoms with Crippen molar-refractivity contribution in [2.45, 2.75) is 39.7 Å². The summed E-state index contributed by atoms with van der Waals surface area (Å²) in [6.45, 7) is 7.64. The molecule has 8 heteroatoms. The standard InChI is InChI=1S/C15H22N6O2/c1-4-23-15(22)20-7-5-12(6-8-20)17-13-10(2)11(3)19-21-9-16-18-14(13)21/h9,12,17H,4-8H2,1-3H3. The van der Waals surface area contributed by atoms with Gasteiger partial charge in [-0.15, -0.1) is 10.2 Å². The maximum absolute atomic E-state index is 11.8. The SMILES string of the molecule is CCOC(=O)N1CCC(Nc2c(C)c(C)nn3cnnc23)CC1. The molecular weight excluding hydrogens is 296 g/mol. The third-order valence-electron chi connectivity index (χ3n) is 4.30. The Labute approximate surface area is 134 Å². The fraction of sp³-hybridized carbons (Fsp3) is 0.600. The molecule has 0 aromatic carbocycles. The number of nitrogens with zero attached hydrogens (tertiary/aromatic N) is 5. The average molecular weight is 318 g/mol. The number of anilines is 1. The molecule has 1 aliphatic heterocycles. The first-order valence-electron chi connectivity index (χ1n) is 7.95. The normalized spacial score (nSPS) is 15.9. The Balaban J connectivity index is 1.71. The van der Waals surface area contributed by atoms with Crippen molar-refractivity contribution in [2.24, 2.45) is 0 Å². The predicted molar refractivity (Wildman–Crippen MR) is 85.5 cm³/mol.